The van der Waals surface area contributed by atoms with Crippen molar-refractivity contribution in [1.82, 2.24) is 5.32 Å². The molecule has 1 amide bonds. The summed E-state index contributed by atoms with van der Waals surface area (Å²) in [5.74, 6) is -0.181. The molecule has 392 valence electrons. The maximum Gasteiger partial charge on any atom is 0.472 e. The number of carbonyl (C=O) groups is 1. The lowest BCUT2D eigenvalue weighted by molar-refractivity contribution is -0.870. The zero-order chi connectivity index (χ0) is 48.5. The number of unbranched alkanes of at least 4 members (excludes halogenated alkanes) is 38. The van der Waals surface area contributed by atoms with Gasteiger partial charge in [-0.05, 0) is 32.1 Å². The van der Waals surface area contributed by atoms with Crippen molar-refractivity contribution >= 4 is 13.7 Å². The van der Waals surface area contributed by atoms with E-state index < -0.39 is 20.0 Å². The first-order valence-corrected chi connectivity index (χ1v) is 30.2. The molecule has 3 N–H and O–H groups in total. The van der Waals surface area contributed by atoms with Gasteiger partial charge in [-0.25, -0.2) is 4.57 Å². The first-order valence-electron chi connectivity index (χ1n) is 28.7. The molecule has 9 heteroatoms. The average Bonchev–Trinajstić information content (AvgIpc) is 3.28. The van der Waals surface area contributed by atoms with E-state index in [0.717, 1.165) is 38.5 Å². The van der Waals surface area contributed by atoms with Crippen LogP contribution in [0.3, 0.4) is 0 Å². The van der Waals surface area contributed by atoms with Crippen molar-refractivity contribution < 1.29 is 32.9 Å². The summed E-state index contributed by atoms with van der Waals surface area (Å²) in [5, 5.41) is 13.9. The molecule has 0 heterocycles. The Morgan fingerprint density at radius 1 is 0.500 bits per heavy atom. The summed E-state index contributed by atoms with van der Waals surface area (Å²) in [5.41, 5.74) is 0. The van der Waals surface area contributed by atoms with Gasteiger partial charge in [-0.3, -0.25) is 13.8 Å². The Kier molecular flexibility index (Phi) is 48.2. The van der Waals surface area contributed by atoms with Gasteiger partial charge in [0, 0.05) is 6.42 Å². The molecule has 0 saturated carbocycles. The van der Waals surface area contributed by atoms with Gasteiger partial charge in [0.25, 0.3) is 0 Å². The highest BCUT2D eigenvalue weighted by Gasteiger charge is 2.27. The van der Waals surface area contributed by atoms with Crippen LogP contribution in [0.2, 0.25) is 0 Å². The van der Waals surface area contributed by atoms with Crippen molar-refractivity contribution in [3.05, 3.63) is 24.3 Å². The first-order chi connectivity index (χ1) is 32.0. The largest absolute Gasteiger partial charge is 0.472 e. The summed E-state index contributed by atoms with van der Waals surface area (Å²) >= 11 is 0. The molecule has 66 heavy (non-hydrogen) atoms. The van der Waals surface area contributed by atoms with E-state index >= 15 is 0 Å². The van der Waals surface area contributed by atoms with Crippen molar-refractivity contribution in [2.75, 3.05) is 40.9 Å². The molecule has 0 fully saturated rings. The van der Waals surface area contributed by atoms with E-state index in [9.17, 15) is 19.4 Å². The smallest absolute Gasteiger partial charge is 0.387 e. The second kappa shape index (κ2) is 49.0. The molecule has 0 aromatic rings. The minimum atomic E-state index is -4.35. The lowest BCUT2D eigenvalue weighted by Crippen LogP contribution is -2.45. The van der Waals surface area contributed by atoms with Gasteiger partial charge in [0.2, 0.25) is 5.91 Å². The molecule has 0 saturated heterocycles. The van der Waals surface area contributed by atoms with E-state index in [1.54, 1.807) is 6.08 Å². The van der Waals surface area contributed by atoms with Gasteiger partial charge in [0.05, 0.1) is 39.9 Å². The van der Waals surface area contributed by atoms with Crippen LogP contribution in [0.5, 0.6) is 0 Å². The lowest BCUT2D eigenvalue weighted by Gasteiger charge is -2.25. The third-order valence-corrected chi connectivity index (χ3v) is 14.2. The number of rotatable bonds is 53. The zero-order valence-electron chi connectivity index (χ0n) is 44.7. The number of aliphatic hydroxyl groups is 1. The third-order valence-electron chi connectivity index (χ3n) is 13.2. The molecule has 3 atom stereocenters. The van der Waals surface area contributed by atoms with Crippen LogP contribution in [0.1, 0.15) is 284 Å². The van der Waals surface area contributed by atoms with Gasteiger partial charge in [-0.15, -0.1) is 0 Å². The Morgan fingerprint density at radius 2 is 0.833 bits per heavy atom. The van der Waals surface area contributed by atoms with Crippen LogP contribution in [0.25, 0.3) is 0 Å². The Bertz CT molecular complexity index is 1130. The van der Waals surface area contributed by atoms with Crippen molar-refractivity contribution in [3.63, 3.8) is 0 Å². The highest BCUT2D eigenvalue weighted by atomic mass is 31.2. The fourth-order valence-electron chi connectivity index (χ4n) is 8.65. The number of allylic oxidation sites excluding steroid dienone is 3. The quantitative estimate of drug-likeness (QED) is 0.0243. The fourth-order valence-corrected chi connectivity index (χ4v) is 9.38. The predicted molar refractivity (Wildman–Crippen MR) is 286 cm³/mol. The van der Waals surface area contributed by atoms with Crippen LogP contribution in [0.4, 0.5) is 0 Å². The Balaban J connectivity index is 4.22. The number of carbonyl (C=O) groups excluding carboxylic acids is 1. The molecule has 0 aromatic carbocycles. The Morgan fingerprint density at radius 3 is 1.21 bits per heavy atom. The molecule has 0 aromatic heterocycles. The minimum Gasteiger partial charge on any atom is -0.387 e. The molecule has 3 unspecified atom stereocenters. The van der Waals surface area contributed by atoms with Gasteiger partial charge >= 0.3 is 7.82 Å². The van der Waals surface area contributed by atoms with Gasteiger partial charge in [-0.2, -0.15) is 0 Å². The number of phosphoric acid groups is 1. The number of hydrogen-bond donors (Lipinski definition) is 3. The number of aliphatic hydroxyl groups excluding tert-OH is 1. The topological polar surface area (TPSA) is 105 Å². The SMILES string of the molecule is CCCCCCCCCCCCCCCCCCCCCC/C=C/CC/C=C/C(O)C(COP(=O)(O)OCC[N+](C)(C)C)NC(=O)CCCCCCCCCCCCCCCCCCCC. The van der Waals surface area contributed by atoms with Crippen molar-refractivity contribution in [2.24, 2.45) is 0 Å². The molecule has 0 aliphatic rings. The number of likely N-dealkylation sites (N-methyl/N-ethyl adjacent to an activating group) is 1. The summed E-state index contributed by atoms with van der Waals surface area (Å²) in [6.45, 7) is 4.84. The van der Waals surface area contributed by atoms with Gasteiger partial charge in [-0.1, -0.05) is 269 Å². The molecule has 0 rings (SSSR count). The molecular weight excluding hydrogens is 840 g/mol. The minimum absolute atomic E-state index is 0.0588. The monoisotopic (exact) mass is 954 g/mol. The maximum atomic E-state index is 13.0. The van der Waals surface area contributed by atoms with E-state index in [0.29, 0.717) is 17.4 Å². The Labute approximate surface area is 411 Å². The highest BCUT2D eigenvalue weighted by Crippen LogP contribution is 2.43. The van der Waals surface area contributed by atoms with E-state index in [2.05, 4.69) is 31.3 Å². The molecule has 0 bridgehead atoms. The number of phosphoric ester groups is 1. The number of hydrogen-bond acceptors (Lipinski definition) is 5. The predicted octanol–water partition coefficient (Wildman–Crippen LogP) is 17.2. The molecular formula is C57H114N2O6P+. The second-order valence-electron chi connectivity index (χ2n) is 21.0. The molecule has 8 nitrogen and oxygen atoms in total. The van der Waals surface area contributed by atoms with E-state index in [1.165, 1.54) is 225 Å². The van der Waals surface area contributed by atoms with Crippen molar-refractivity contribution in [3.8, 4) is 0 Å². The Hall–Kier alpha value is -1.02. The number of quaternary nitrogens is 1. The molecule has 0 radical (unpaired) electrons. The van der Waals surface area contributed by atoms with Gasteiger partial charge < -0.3 is 19.8 Å². The normalized spacial score (nSPS) is 14.1. The van der Waals surface area contributed by atoms with Crippen LogP contribution in [-0.4, -0.2) is 73.4 Å². The number of amides is 1. The standard InChI is InChI=1S/C57H113N2O6P/c1-6-8-10-12-14-16-18-20-22-24-26-27-28-29-30-31-32-33-34-36-38-40-42-44-46-48-50-56(60)55(54-65-66(62,63)64-53-52-59(3,4)5)58-57(61)51-49-47-45-43-41-39-37-35-25-23-21-19-17-15-13-11-9-7-2/h40,42,48,50,55-56,60H,6-39,41,43-47,49,51-54H2,1-5H3,(H-,58,61,62,63)/p+1/b42-40+,50-48+. The number of nitrogens with zero attached hydrogens (tertiary/aromatic N) is 1. The zero-order valence-corrected chi connectivity index (χ0v) is 45.6. The molecule has 0 aliphatic heterocycles. The summed E-state index contributed by atoms with van der Waals surface area (Å²) in [6.07, 6.45) is 61.4. The van der Waals surface area contributed by atoms with Crippen LogP contribution >= 0.6 is 7.82 Å². The second-order valence-corrected chi connectivity index (χ2v) is 22.5. The van der Waals surface area contributed by atoms with Crippen molar-refractivity contribution in [2.45, 2.75) is 296 Å². The van der Waals surface area contributed by atoms with Gasteiger partial charge in [0.15, 0.2) is 0 Å². The molecule has 0 spiro atoms. The van der Waals surface area contributed by atoms with Crippen LogP contribution in [0.15, 0.2) is 24.3 Å². The van der Waals surface area contributed by atoms with Crippen LogP contribution in [-0.2, 0) is 18.4 Å². The maximum absolute atomic E-state index is 13.0. The highest BCUT2D eigenvalue weighted by molar-refractivity contribution is 7.47. The summed E-state index contributed by atoms with van der Waals surface area (Å²) in [7, 11) is 1.57. The van der Waals surface area contributed by atoms with Crippen molar-refractivity contribution in [1.29, 1.82) is 0 Å². The summed E-state index contributed by atoms with van der Waals surface area (Å²) in [6, 6.07) is -0.860. The summed E-state index contributed by atoms with van der Waals surface area (Å²) < 4.78 is 23.7. The third kappa shape index (κ3) is 50.8. The van der Waals surface area contributed by atoms with Crippen LogP contribution < -0.4 is 5.32 Å². The fraction of sp³-hybridized carbons (Fsp3) is 0.912. The number of nitrogens with one attached hydrogen (secondary N) is 1. The van der Waals surface area contributed by atoms with Crippen LogP contribution in [0, 0.1) is 0 Å². The van der Waals surface area contributed by atoms with Gasteiger partial charge in [0.1, 0.15) is 13.2 Å². The van der Waals surface area contributed by atoms with E-state index in [4.69, 9.17) is 9.05 Å². The lowest BCUT2D eigenvalue weighted by atomic mass is 10.0. The first kappa shape index (κ1) is 65.0. The van der Waals surface area contributed by atoms with E-state index in [1.807, 2.05) is 27.2 Å². The van der Waals surface area contributed by atoms with E-state index in [-0.39, 0.29) is 19.1 Å². The molecule has 0 aliphatic carbocycles. The summed E-state index contributed by atoms with van der Waals surface area (Å²) in [4.78, 5) is 23.3. The average molecular weight is 955 g/mol.